The highest BCUT2D eigenvalue weighted by Crippen LogP contribution is 2.20. The Labute approximate surface area is 122 Å². The van der Waals surface area contributed by atoms with Crippen molar-refractivity contribution >= 4 is 25.7 Å². The Hall–Kier alpha value is -1.14. The predicted octanol–water partition coefficient (Wildman–Crippen LogP) is 3.35. The van der Waals surface area contributed by atoms with E-state index in [1.807, 2.05) is 20.8 Å². The summed E-state index contributed by atoms with van der Waals surface area (Å²) in [6.07, 6.45) is 0.634. The Morgan fingerprint density at radius 3 is 2.40 bits per heavy atom. The lowest BCUT2D eigenvalue weighted by molar-refractivity contribution is 0.0464. The van der Waals surface area contributed by atoms with Gasteiger partial charge in [0.1, 0.15) is 5.82 Å². The fraction of sp³-hybridized carbons (Fsp3) is 0.462. The molecule has 0 aliphatic rings. The lowest BCUT2D eigenvalue weighted by atomic mass is 9.93. The predicted molar refractivity (Wildman–Crippen MR) is 73.8 cm³/mol. The largest absolute Gasteiger partial charge is 0.462 e. The van der Waals surface area contributed by atoms with Crippen molar-refractivity contribution in [2.45, 2.75) is 32.1 Å². The summed E-state index contributed by atoms with van der Waals surface area (Å²) in [5.74, 6) is -1.65. The molecule has 0 amide bonds. The molecule has 0 aliphatic heterocycles. The summed E-state index contributed by atoms with van der Waals surface area (Å²) in [4.78, 5) is 11.3. The number of ether oxygens (including phenoxy) is 1. The second-order valence-corrected chi connectivity index (χ2v) is 8.13. The number of hydrogen-bond acceptors (Lipinski definition) is 4. The Bertz CT molecular complexity index is 605. The molecule has 0 spiro atoms. The molecule has 0 aromatic heterocycles. The van der Waals surface area contributed by atoms with Crippen molar-refractivity contribution in [3.8, 4) is 0 Å². The smallest absolute Gasteiger partial charge is 0.338 e. The van der Waals surface area contributed by atoms with Gasteiger partial charge in [0.15, 0.2) is 0 Å². The van der Waals surface area contributed by atoms with Crippen LogP contribution in [0.5, 0.6) is 0 Å². The average Bonchev–Trinajstić information content (AvgIpc) is 2.25. The molecule has 0 aliphatic carbocycles. The number of halogens is 2. The van der Waals surface area contributed by atoms with Crippen LogP contribution in [0.4, 0.5) is 4.39 Å². The van der Waals surface area contributed by atoms with Crippen molar-refractivity contribution in [1.82, 2.24) is 0 Å². The van der Waals surface area contributed by atoms with Crippen molar-refractivity contribution in [1.29, 1.82) is 0 Å². The van der Waals surface area contributed by atoms with Gasteiger partial charge in [-0.3, -0.25) is 0 Å². The molecule has 20 heavy (non-hydrogen) atoms. The van der Waals surface area contributed by atoms with E-state index in [0.29, 0.717) is 6.42 Å². The minimum Gasteiger partial charge on any atom is -0.462 e. The average molecular weight is 323 g/mol. The van der Waals surface area contributed by atoms with Crippen LogP contribution < -0.4 is 0 Å². The summed E-state index contributed by atoms with van der Waals surface area (Å²) in [6.45, 7) is 6.13. The Balaban J connectivity index is 2.86. The molecule has 4 nitrogen and oxygen atoms in total. The molecule has 0 heterocycles. The highest BCUT2D eigenvalue weighted by atomic mass is 35.7. The summed E-state index contributed by atoms with van der Waals surface area (Å²) in [7, 11) is 1.02. The molecular formula is C13H16ClFO4S. The van der Waals surface area contributed by atoms with Gasteiger partial charge in [-0.15, -0.1) is 0 Å². The van der Waals surface area contributed by atoms with E-state index in [9.17, 15) is 17.6 Å². The summed E-state index contributed by atoms with van der Waals surface area (Å²) in [5.41, 5.74) is -0.189. The first-order chi connectivity index (χ1) is 8.99. The van der Waals surface area contributed by atoms with Gasteiger partial charge < -0.3 is 4.74 Å². The number of carbonyl (C=O) groups excluding carboxylic acids is 1. The summed E-state index contributed by atoms with van der Waals surface area (Å²) in [5, 5.41) is 0. The number of hydrogen-bond donors (Lipinski definition) is 0. The van der Waals surface area contributed by atoms with E-state index in [1.165, 1.54) is 0 Å². The topological polar surface area (TPSA) is 60.4 Å². The van der Waals surface area contributed by atoms with Gasteiger partial charge in [0.05, 0.1) is 17.1 Å². The molecule has 0 atom stereocenters. The standard InChI is InChI=1S/C13H16ClFO4S/c1-13(2,3)4-5-19-12(16)9-6-10(15)8-11(7-9)20(14,17)18/h6-8H,4-5H2,1-3H3. The zero-order chi connectivity index (χ0) is 15.6. The van der Waals surface area contributed by atoms with Gasteiger partial charge in [0.2, 0.25) is 0 Å². The van der Waals surface area contributed by atoms with Crippen LogP contribution in [0.3, 0.4) is 0 Å². The number of carbonyl (C=O) groups is 1. The van der Waals surface area contributed by atoms with Gasteiger partial charge in [0, 0.05) is 10.7 Å². The third-order valence-electron chi connectivity index (χ3n) is 2.47. The maximum absolute atomic E-state index is 13.3. The second-order valence-electron chi connectivity index (χ2n) is 5.56. The fourth-order valence-corrected chi connectivity index (χ4v) is 2.14. The van der Waals surface area contributed by atoms with E-state index >= 15 is 0 Å². The molecule has 0 unspecified atom stereocenters. The Morgan fingerprint density at radius 2 is 1.90 bits per heavy atom. The summed E-state index contributed by atoms with van der Waals surface area (Å²) in [6, 6.07) is 2.64. The molecule has 0 saturated carbocycles. The van der Waals surface area contributed by atoms with Crippen molar-refractivity contribution in [3.05, 3.63) is 29.6 Å². The lowest BCUT2D eigenvalue weighted by Gasteiger charge is -2.17. The zero-order valence-electron chi connectivity index (χ0n) is 11.4. The Morgan fingerprint density at radius 1 is 1.30 bits per heavy atom. The maximum Gasteiger partial charge on any atom is 0.338 e. The normalized spacial score (nSPS) is 12.2. The minimum atomic E-state index is -4.10. The van der Waals surface area contributed by atoms with E-state index in [1.54, 1.807) is 0 Å². The molecule has 1 rings (SSSR count). The lowest BCUT2D eigenvalue weighted by Crippen LogP contribution is -2.13. The number of benzene rings is 1. The van der Waals surface area contributed by atoms with Gasteiger partial charge in [-0.2, -0.15) is 0 Å². The maximum atomic E-state index is 13.3. The van der Waals surface area contributed by atoms with Gasteiger partial charge in [-0.25, -0.2) is 17.6 Å². The van der Waals surface area contributed by atoms with Crippen LogP contribution in [-0.2, 0) is 13.8 Å². The van der Waals surface area contributed by atoms with Crippen molar-refractivity contribution in [2.75, 3.05) is 6.61 Å². The van der Waals surface area contributed by atoms with Crippen LogP contribution in [0.2, 0.25) is 0 Å². The van der Waals surface area contributed by atoms with Gasteiger partial charge in [-0.1, -0.05) is 20.8 Å². The molecule has 0 radical (unpaired) electrons. The van der Waals surface area contributed by atoms with Gasteiger partial charge in [0.25, 0.3) is 9.05 Å². The molecule has 0 saturated heterocycles. The van der Waals surface area contributed by atoms with E-state index in [-0.39, 0.29) is 17.6 Å². The SMILES string of the molecule is CC(C)(C)CCOC(=O)c1cc(F)cc(S(=O)(=O)Cl)c1. The molecule has 1 aromatic rings. The van der Waals surface area contributed by atoms with E-state index < -0.39 is 25.7 Å². The number of rotatable bonds is 4. The second kappa shape index (κ2) is 6.10. The van der Waals surface area contributed by atoms with E-state index in [2.05, 4.69) is 0 Å². The van der Waals surface area contributed by atoms with Crippen molar-refractivity contribution in [2.24, 2.45) is 5.41 Å². The zero-order valence-corrected chi connectivity index (χ0v) is 13.0. The summed E-state index contributed by atoms with van der Waals surface area (Å²) >= 11 is 0. The van der Waals surface area contributed by atoms with Crippen LogP contribution in [0.25, 0.3) is 0 Å². The van der Waals surface area contributed by atoms with Crippen molar-refractivity contribution < 1.29 is 22.3 Å². The first-order valence-electron chi connectivity index (χ1n) is 5.91. The van der Waals surface area contributed by atoms with Crippen LogP contribution in [-0.4, -0.2) is 21.0 Å². The molecule has 7 heteroatoms. The van der Waals surface area contributed by atoms with E-state index in [0.717, 1.165) is 18.2 Å². The van der Waals surface area contributed by atoms with Crippen LogP contribution in [0, 0.1) is 11.2 Å². The highest BCUT2D eigenvalue weighted by Gasteiger charge is 2.18. The monoisotopic (exact) mass is 322 g/mol. The van der Waals surface area contributed by atoms with Gasteiger partial charge in [-0.05, 0) is 30.0 Å². The van der Waals surface area contributed by atoms with Crippen molar-refractivity contribution in [3.63, 3.8) is 0 Å². The fourth-order valence-electron chi connectivity index (χ4n) is 1.35. The molecular weight excluding hydrogens is 307 g/mol. The summed E-state index contributed by atoms with van der Waals surface area (Å²) < 4.78 is 40.6. The van der Waals surface area contributed by atoms with Crippen LogP contribution in [0.15, 0.2) is 23.1 Å². The molecule has 1 aromatic carbocycles. The first-order valence-corrected chi connectivity index (χ1v) is 8.22. The van der Waals surface area contributed by atoms with Gasteiger partial charge >= 0.3 is 5.97 Å². The first kappa shape index (κ1) is 16.9. The molecule has 0 fully saturated rings. The Kier molecular flexibility index (Phi) is 5.15. The molecule has 0 bridgehead atoms. The minimum absolute atomic E-state index is 0.00709. The molecule has 0 N–H and O–H groups in total. The highest BCUT2D eigenvalue weighted by molar-refractivity contribution is 8.13. The third-order valence-corrected chi connectivity index (χ3v) is 3.81. The molecule has 112 valence electrons. The third kappa shape index (κ3) is 5.46. The quantitative estimate of drug-likeness (QED) is 0.630. The van der Waals surface area contributed by atoms with Crippen LogP contribution in [0.1, 0.15) is 37.6 Å². The van der Waals surface area contributed by atoms with E-state index in [4.69, 9.17) is 15.4 Å². The van der Waals surface area contributed by atoms with Crippen LogP contribution >= 0.6 is 10.7 Å². The number of esters is 1.